The number of hydrogen-bond donors (Lipinski definition) is 18. The number of aliphatic hydroxyl groups excluding tert-OH is 1. The highest BCUT2D eigenvalue weighted by atomic mass is 32.2. The summed E-state index contributed by atoms with van der Waals surface area (Å²) < 4.78 is 40.9. The molecule has 7 rings (SSSR count). The number of phenolic OH excluding ortho intramolecular Hbond substituents is 1. The van der Waals surface area contributed by atoms with Crippen LogP contribution in [0.2, 0.25) is 0 Å². The fraction of sp³-hybridized carbons (Fsp3) is 0.299. The molecule has 0 radical (unpaired) electrons. The Morgan fingerprint density at radius 1 is 0.596 bits per heavy atom. The Labute approximate surface area is 590 Å². The van der Waals surface area contributed by atoms with E-state index in [0.29, 0.717) is 22.9 Å². The minimum atomic E-state index is -2.03. The molecule has 37 heteroatoms. The smallest absolute Gasteiger partial charge is 0.336 e. The summed E-state index contributed by atoms with van der Waals surface area (Å²) in [4.78, 5) is 166. The summed E-state index contributed by atoms with van der Waals surface area (Å²) in [5.74, 6) is -19.3. The quantitative estimate of drug-likeness (QED) is 0.0113. The molecule has 8 amide bonds. The van der Waals surface area contributed by atoms with Crippen LogP contribution in [0.3, 0.4) is 0 Å². The highest BCUT2D eigenvalue weighted by Crippen LogP contribution is 2.45. The zero-order valence-corrected chi connectivity index (χ0v) is 55.3. The van der Waals surface area contributed by atoms with Gasteiger partial charge in [-0.3, -0.25) is 47.7 Å². The first-order valence-corrected chi connectivity index (χ1v) is 32.4. The molecular formula is C67H70F2N10O24S. The lowest BCUT2D eigenvalue weighted by Crippen LogP contribution is -2.58. The van der Waals surface area contributed by atoms with Gasteiger partial charge in [0, 0.05) is 92.1 Å². The van der Waals surface area contributed by atoms with E-state index in [4.69, 9.17) is 25.1 Å². The molecule has 2 heterocycles. The largest absolute Gasteiger partial charge is 0.505 e. The van der Waals surface area contributed by atoms with Gasteiger partial charge in [0.15, 0.2) is 23.3 Å². The van der Waals surface area contributed by atoms with Gasteiger partial charge in [-0.05, 0) is 53.8 Å². The third-order valence-corrected chi connectivity index (χ3v) is 16.7. The molecule has 19 N–H and O–H groups in total. The van der Waals surface area contributed by atoms with E-state index in [9.17, 15) is 107 Å². The maximum Gasteiger partial charge on any atom is 0.336 e. The number of carboxylic acid groups (broad SMARTS) is 5. The lowest BCUT2D eigenvalue weighted by atomic mass is 9.90. The minimum Gasteiger partial charge on any atom is -0.505 e. The van der Waals surface area contributed by atoms with Crippen molar-refractivity contribution in [2.75, 3.05) is 25.6 Å². The molecule has 0 unspecified atom stereocenters. The molecule has 1 aromatic heterocycles. The van der Waals surface area contributed by atoms with Crippen LogP contribution in [0.25, 0.3) is 39.1 Å². The summed E-state index contributed by atoms with van der Waals surface area (Å²) in [6.07, 6.45) is -4.49. The normalized spacial score (nSPS) is 13.2. The Morgan fingerprint density at radius 2 is 1.22 bits per heavy atom. The summed E-state index contributed by atoms with van der Waals surface area (Å²) in [5, 5.41) is 109. The van der Waals surface area contributed by atoms with Gasteiger partial charge in [0.25, 0.3) is 0 Å². The second-order valence-corrected chi connectivity index (χ2v) is 24.2. The lowest BCUT2D eigenvalue weighted by molar-refractivity contribution is -0.143. The molecular weight excluding hydrogens is 1400 g/mol. The fourth-order valence-corrected chi connectivity index (χ4v) is 11.4. The number of phenols is 1. The number of aliphatic hydroxyl groups is 1. The van der Waals surface area contributed by atoms with Crippen LogP contribution < -0.4 is 53.7 Å². The number of urea groups is 1. The van der Waals surface area contributed by atoms with Gasteiger partial charge in [-0.25, -0.2) is 28.0 Å². The Morgan fingerprint density at radius 3 is 1.84 bits per heavy atom. The first-order chi connectivity index (χ1) is 49.4. The van der Waals surface area contributed by atoms with E-state index < -0.39 is 199 Å². The maximum atomic E-state index is 14.9. The number of aliphatic carboxylic acids is 4. The number of carboxylic acids is 5. The van der Waals surface area contributed by atoms with E-state index in [0.717, 1.165) is 47.0 Å². The first kappa shape index (κ1) is 79.1. The summed E-state index contributed by atoms with van der Waals surface area (Å²) in [7, 11) is 0. The van der Waals surface area contributed by atoms with Gasteiger partial charge in [0.2, 0.25) is 46.8 Å². The number of nitrogens with two attached hydrogens (primary N) is 1. The molecule has 34 nitrogen and oxygen atoms in total. The van der Waals surface area contributed by atoms with Crippen LogP contribution in [0.5, 0.6) is 17.5 Å². The van der Waals surface area contributed by atoms with Crippen molar-refractivity contribution in [3.05, 3.63) is 148 Å². The van der Waals surface area contributed by atoms with E-state index in [-0.39, 0.29) is 82.7 Å². The summed E-state index contributed by atoms with van der Waals surface area (Å²) >= 11 is 0.522. The number of halogens is 2. The van der Waals surface area contributed by atoms with E-state index in [1.165, 1.54) is 6.07 Å². The van der Waals surface area contributed by atoms with Crippen molar-refractivity contribution >= 4 is 94.1 Å². The van der Waals surface area contributed by atoms with Crippen LogP contribution in [-0.2, 0) is 65.5 Å². The monoisotopic (exact) mass is 1470 g/mol. The standard InChI is InChI=1S/C67H70F2N10O24S/c68-39-23-37-49(26-47(39)81)103-50-27-48(82)40(69)24-38(50)58(37)35-14-13-34(22-36(35)64(95)96)79-55(85)28-51(63(79)94)104-30-46(66(99)100)76-62(93)45(25-57(88)89)74-59(90)41(70)29-72-60(91)43(20-32-8-3-1-4-9-32)75-61(92)44(21-33-10-5-2-6-11-33)73-53(84)12-7-19-71-52(83)16-15-42(65(97)98)77-67(101)78-54(102-31-80)17-18-56(86)87/h1-6,8-11,13-14,22-24,26-28,41-46,54,80-81,85,94H,7,12,15-21,25,29-31,70H2,(H,71,83)(H,72,91)(H,73,84)(H,74,90)(H,75,92)(H,76,93)(H,86,87)(H,88,89)(H,95,96)(H,97,98)(H,99,100)(H2,77,78,101)/t41-,42-,43-,44-,45-,46-,54+/m0/s1. The molecule has 7 atom stereocenters. The van der Waals surface area contributed by atoms with Crippen LogP contribution in [0.15, 0.2) is 123 Å². The number of thioether (sulfide) groups is 1. The second-order valence-electron chi connectivity index (χ2n) is 23.1. The molecule has 0 saturated carbocycles. The molecule has 1 aliphatic heterocycles. The summed E-state index contributed by atoms with van der Waals surface area (Å²) in [6, 6.07) is 12.8. The van der Waals surface area contributed by atoms with Gasteiger partial charge in [0.05, 0.1) is 22.6 Å². The van der Waals surface area contributed by atoms with Crippen LogP contribution in [0.4, 0.5) is 13.6 Å². The van der Waals surface area contributed by atoms with E-state index in [1.807, 2.05) is 0 Å². The first-order valence-electron chi connectivity index (χ1n) is 31.4. The second kappa shape index (κ2) is 36.9. The molecule has 0 saturated heterocycles. The van der Waals surface area contributed by atoms with Gasteiger partial charge in [0.1, 0.15) is 60.6 Å². The third-order valence-electron chi connectivity index (χ3n) is 15.6. The fourth-order valence-electron chi connectivity index (χ4n) is 10.4. The van der Waals surface area contributed by atoms with E-state index in [1.54, 1.807) is 60.7 Å². The number of carbonyl (C=O) groups excluding carboxylic acids is 7. The highest BCUT2D eigenvalue weighted by Gasteiger charge is 2.34. The lowest BCUT2D eigenvalue weighted by Gasteiger charge is -2.25. The molecule has 2 aliphatic rings. The van der Waals surface area contributed by atoms with Gasteiger partial charge >= 0.3 is 35.9 Å². The molecule has 5 aromatic rings. The van der Waals surface area contributed by atoms with Gasteiger partial charge in [-0.1, -0.05) is 66.7 Å². The Kier molecular flexibility index (Phi) is 28.1. The number of aromatic hydroxyl groups is 3. The predicted molar refractivity (Wildman–Crippen MR) is 359 cm³/mol. The molecule has 104 heavy (non-hydrogen) atoms. The molecule has 0 fully saturated rings. The number of benzene rings is 5. The molecule has 0 spiro atoms. The summed E-state index contributed by atoms with van der Waals surface area (Å²) in [5.41, 5.74) is 4.50. The van der Waals surface area contributed by atoms with Crippen molar-refractivity contribution in [2.45, 2.75) is 105 Å². The number of hydrogen-bond acceptors (Lipinski definition) is 21. The van der Waals surface area contributed by atoms with E-state index >= 15 is 0 Å². The number of nitrogens with zero attached hydrogens (tertiary/aromatic N) is 1. The zero-order valence-electron chi connectivity index (χ0n) is 54.5. The molecule has 4 aromatic carbocycles. The van der Waals surface area contributed by atoms with Crippen LogP contribution in [0.1, 0.15) is 66.4 Å². The number of nitrogens with one attached hydrogen (secondary N) is 8. The predicted octanol–water partition coefficient (Wildman–Crippen LogP) is 1.55. The Hall–Kier alpha value is -12.2. The van der Waals surface area contributed by atoms with Crippen LogP contribution in [-0.4, -0.2) is 190 Å². The topological polar surface area (TPSA) is 554 Å². The van der Waals surface area contributed by atoms with Crippen molar-refractivity contribution in [1.29, 1.82) is 0 Å². The molecule has 0 bridgehead atoms. The Bertz CT molecular complexity index is 4390. The Balaban J connectivity index is 0.961. The molecule has 552 valence electrons. The number of aromatic nitrogens is 1. The SMILES string of the molecule is N[C@@H](CNC(=O)[C@H](Cc1ccccc1)NC(=O)[C@H](Cc1ccccc1)NC(=O)CCCNC(=O)CC[C@H](NC(=O)N[C@@H](CCC(=O)O)OCO)C(=O)O)C(=O)N[C@@H](CC(=O)O)C(=O)N[C@@H](CSc1cc(O)n(-c2ccc(-c3c4cc(F)c(=O)cc-4oc4cc(O)c(F)cc34)c(C(=O)O)c2)c1O)C(=O)O. The maximum absolute atomic E-state index is 14.9. The third kappa shape index (κ3) is 22.1. The van der Waals surface area contributed by atoms with Crippen molar-refractivity contribution in [3.8, 4) is 45.6 Å². The number of rotatable bonds is 38. The van der Waals surface area contributed by atoms with Gasteiger partial charge in [-0.15, -0.1) is 11.8 Å². The van der Waals surface area contributed by atoms with E-state index in [2.05, 4.69) is 42.5 Å². The van der Waals surface area contributed by atoms with Crippen LogP contribution >= 0.6 is 11.8 Å². The van der Waals surface area contributed by atoms with Crippen LogP contribution in [0, 0.1) is 11.6 Å². The summed E-state index contributed by atoms with van der Waals surface area (Å²) in [6.45, 7) is -1.71. The molecule has 1 aliphatic carbocycles. The number of carbonyl (C=O) groups is 12. The number of amides is 8. The van der Waals surface area contributed by atoms with Crippen molar-refractivity contribution in [2.24, 2.45) is 5.73 Å². The zero-order chi connectivity index (χ0) is 76.1. The number of aromatic carboxylic acids is 1. The minimum absolute atomic E-state index is 0.00573. The number of fused-ring (bicyclic) bond motifs is 2. The van der Waals surface area contributed by atoms with Crippen molar-refractivity contribution in [3.63, 3.8) is 0 Å². The van der Waals surface area contributed by atoms with Gasteiger partial charge < -0.3 is 103 Å². The number of ether oxygens (including phenoxy) is 1. The van der Waals surface area contributed by atoms with Gasteiger partial charge in [-0.2, -0.15) is 0 Å². The van der Waals surface area contributed by atoms with Crippen molar-refractivity contribution < 1.29 is 121 Å². The average Bonchev–Trinajstić information content (AvgIpc) is 0.841. The van der Waals surface area contributed by atoms with Crippen molar-refractivity contribution in [1.82, 2.24) is 47.1 Å². The highest BCUT2D eigenvalue weighted by molar-refractivity contribution is 7.99. The average molecular weight is 1470 g/mol.